The number of aryl methyl sites for hydroxylation is 1. The van der Waals surface area contributed by atoms with Gasteiger partial charge in [0.15, 0.2) is 0 Å². The summed E-state index contributed by atoms with van der Waals surface area (Å²) in [5.41, 5.74) is 2.50. The van der Waals surface area contributed by atoms with Gasteiger partial charge in [0.2, 0.25) is 0 Å². The fraction of sp³-hybridized carbons (Fsp3) is 0.538. The SMILES string of the molecule is Cc1cc(O)c(Br)cc1CC1CCCCN1. The second-order valence-electron chi connectivity index (χ2n) is 4.58. The van der Waals surface area contributed by atoms with Crippen LogP contribution >= 0.6 is 15.9 Å². The molecule has 0 aliphatic carbocycles. The Morgan fingerprint density at radius 3 is 2.94 bits per heavy atom. The van der Waals surface area contributed by atoms with Crippen molar-refractivity contribution in [2.45, 2.75) is 38.6 Å². The summed E-state index contributed by atoms with van der Waals surface area (Å²) < 4.78 is 0.795. The van der Waals surface area contributed by atoms with Crippen molar-refractivity contribution in [1.82, 2.24) is 5.32 Å². The first-order valence-corrected chi connectivity index (χ1v) is 6.67. The Labute approximate surface area is 105 Å². The molecule has 1 heterocycles. The Morgan fingerprint density at radius 1 is 1.44 bits per heavy atom. The molecule has 1 unspecified atom stereocenters. The second kappa shape index (κ2) is 5.19. The van der Waals surface area contributed by atoms with Gasteiger partial charge in [0.25, 0.3) is 0 Å². The Hall–Kier alpha value is -0.540. The number of benzene rings is 1. The van der Waals surface area contributed by atoms with Crippen LogP contribution in [0.5, 0.6) is 5.75 Å². The van der Waals surface area contributed by atoms with Crippen LogP contribution in [0.2, 0.25) is 0 Å². The molecule has 2 N–H and O–H groups in total. The van der Waals surface area contributed by atoms with Crippen LogP contribution in [-0.4, -0.2) is 17.7 Å². The zero-order valence-corrected chi connectivity index (χ0v) is 11.2. The topological polar surface area (TPSA) is 32.3 Å². The van der Waals surface area contributed by atoms with Crippen LogP contribution in [0.3, 0.4) is 0 Å². The average Bonchev–Trinajstić information content (AvgIpc) is 2.27. The Morgan fingerprint density at radius 2 is 2.25 bits per heavy atom. The third kappa shape index (κ3) is 2.77. The molecule has 1 aliphatic heterocycles. The number of hydrogen-bond donors (Lipinski definition) is 2. The van der Waals surface area contributed by atoms with E-state index in [1.807, 2.05) is 12.1 Å². The quantitative estimate of drug-likeness (QED) is 0.874. The van der Waals surface area contributed by atoms with Crippen molar-refractivity contribution in [2.75, 3.05) is 6.54 Å². The zero-order valence-electron chi connectivity index (χ0n) is 9.59. The lowest BCUT2D eigenvalue weighted by molar-refractivity contribution is 0.398. The average molecular weight is 284 g/mol. The van der Waals surface area contributed by atoms with E-state index >= 15 is 0 Å². The molecule has 1 atom stereocenters. The number of hydrogen-bond acceptors (Lipinski definition) is 2. The number of phenolic OH excluding ortho intramolecular Hbond substituents is 1. The highest BCUT2D eigenvalue weighted by atomic mass is 79.9. The van der Waals surface area contributed by atoms with Crippen molar-refractivity contribution in [3.05, 3.63) is 27.7 Å². The smallest absolute Gasteiger partial charge is 0.130 e. The number of piperidine rings is 1. The van der Waals surface area contributed by atoms with Gasteiger partial charge in [-0.1, -0.05) is 6.42 Å². The van der Waals surface area contributed by atoms with E-state index in [1.165, 1.54) is 30.4 Å². The minimum Gasteiger partial charge on any atom is -0.507 e. The molecular formula is C13H18BrNO. The molecule has 1 saturated heterocycles. The highest BCUT2D eigenvalue weighted by Gasteiger charge is 2.14. The number of nitrogens with one attached hydrogen (secondary N) is 1. The standard InChI is InChI=1S/C13H18BrNO/c1-9-6-13(16)12(14)8-10(9)7-11-4-2-3-5-15-11/h6,8,11,15-16H,2-5,7H2,1H3. The summed E-state index contributed by atoms with van der Waals surface area (Å²) in [7, 11) is 0. The lowest BCUT2D eigenvalue weighted by Crippen LogP contribution is -2.35. The molecule has 0 spiro atoms. The largest absolute Gasteiger partial charge is 0.507 e. The number of halogens is 1. The highest BCUT2D eigenvalue weighted by Crippen LogP contribution is 2.28. The van der Waals surface area contributed by atoms with Gasteiger partial charge in [-0.3, -0.25) is 0 Å². The molecule has 0 saturated carbocycles. The molecule has 1 aromatic rings. The lowest BCUT2D eigenvalue weighted by Gasteiger charge is -2.24. The van der Waals surface area contributed by atoms with E-state index in [-0.39, 0.29) is 0 Å². The maximum Gasteiger partial charge on any atom is 0.130 e. The Bertz CT molecular complexity index is 372. The molecule has 0 amide bonds. The summed E-state index contributed by atoms with van der Waals surface area (Å²) in [6.45, 7) is 3.20. The van der Waals surface area contributed by atoms with E-state index in [1.54, 1.807) is 0 Å². The van der Waals surface area contributed by atoms with E-state index in [2.05, 4.69) is 28.2 Å². The third-order valence-corrected chi connectivity index (χ3v) is 3.92. The number of rotatable bonds is 2. The van der Waals surface area contributed by atoms with E-state index in [0.717, 1.165) is 17.4 Å². The van der Waals surface area contributed by atoms with Crippen molar-refractivity contribution in [2.24, 2.45) is 0 Å². The van der Waals surface area contributed by atoms with Gasteiger partial charge in [0, 0.05) is 6.04 Å². The summed E-state index contributed by atoms with van der Waals surface area (Å²) in [5.74, 6) is 0.331. The minimum absolute atomic E-state index is 0.331. The normalized spacial score (nSPS) is 21.0. The van der Waals surface area contributed by atoms with Gasteiger partial charge >= 0.3 is 0 Å². The monoisotopic (exact) mass is 283 g/mol. The first kappa shape index (κ1) is 11.9. The van der Waals surface area contributed by atoms with Gasteiger partial charge in [-0.2, -0.15) is 0 Å². The summed E-state index contributed by atoms with van der Waals surface area (Å²) in [6.07, 6.45) is 4.95. The molecule has 1 aliphatic rings. The first-order valence-electron chi connectivity index (χ1n) is 5.88. The van der Waals surface area contributed by atoms with Gasteiger partial charge in [0.05, 0.1) is 4.47 Å². The second-order valence-corrected chi connectivity index (χ2v) is 5.44. The fourth-order valence-corrected chi connectivity index (χ4v) is 2.68. The maximum atomic E-state index is 9.57. The van der Waals surface area contributed by atoms with E-state index in [4.69, 9.17) is 0 Å². The van der Waals surface area contributed by atoms with E-state index in [9.17, 15) is 5.11 Å². The van der Waals surface area contributed by atoms with Crippen LogP contribution in [0.4, 0.5) is 0 Å². The summed E-state index contributed by atoms with van der Waals surface area (Å²) in [6, 6.07) is 4.48. The Balaban J connectivity index is 2.11. The van der Waals surface area contributed by atoms with Crippen molar-refractivity contribution < 1.29 is 5.11 Å². The van der Waals surface area contributed by atoms with Gasteiger partial charge in [-0.05, 0) is 71.9 Å². The fourth-order valence-electron chi connectivity index (χ4n) is 2.29. The molecule has 1 aromatic carbocycles. The molecule has 88 valence electrons. The van der Waals surface area contributed by atoms with Crippen LogP contribution in [0.1, 0.15) is 30.4 Å². The third-order valence-electron chi connectivity index (χ3n) is 3.28. The van der Waals surface area contributed by atoms with Gasteiger partial charge in [-0.15, -0.1) is 0 Å². The molecule has 0 aromatic heterocycles. The molecular weight excluding hydrogens is 266 g/mol. The van der Waals surface area contributed by atoms with Gasteiger partial charge in [-0.25, -0.2) is 0 Å². The summed E-state index contributed by atoms with van der Waals surface area (Å²) in [5, 5.41) is 13.1. The number of phenols is 1. The van der Waals surface area contributed by atoms with Crippen LogP contribution < -0.4 is 5.32 Å². The Kier molecular flexibility index (Phi) is 3.87. The van der Waals surface area contributed by atoms with Crippen LogP contribution in [0, 0.1) is 6.92 Å². The van der Waals surface area contributed by atoms with E-state index < -0.39 is 0 Å². The molecule has 0 bridgehead atoms. The molecule has 3 heteroatoms. The first-order chi connectivity index (χ1) is 7.66. The molecule has 16 heavy (non-hydrogen) atoms. The zero-order chi connectivity index (χ0) is 11.5. The van der Waals surface area contributed by atoms with Crippen molar-refractivity contribution >= 4 is 15.9 Å². The highest BCUT2D eigenvalue weighted by molar-refractivity contribution is 9.10. The van der Waals surface area contributed by atoms with Crippen LogP contribution in [-0.2, 0) is 6.42 Å². The molecule has 1 fully saturated rings. The minimum atomic E-state index is 0.331. The summed E-state index contributed by atoms with van der Waals surface area (Å²) >= 11 is 3.37. The predicted molar refractivity (Wildman–Crippen MR) is 69.9 cm³/mol. The van der Waals surface area contributed by atoms with E-state index in [0.29, 0.717) is 11.8 Å². The van der Waals surface area contributed by atoms with Gasteiger partial charge in [0.1, 0.15) is 5.75 Å². The molecule has 2 rings (SSSR count). The molecule has 0 radical (unpaired) electrons. The lowest BCUT2D eigenvalue weighted by atomic mass is 9.95. The van der Waals surface area contributed by atoms with Crippen molar-refractivity contribution in [3.8, 4) is 5.75 Å². The van der Waals surface area contributed by atoms with Crippen LogP contribution in [0.25, 0.3) is 0 Å². The predicted octanol–water partition coefficient (Wildman–Crippen LogP) is 3.15. The maximum absolute atomic E-state index is 9.57. The van der Waals surface area contributed by atoms with Crippen LogP contribution in [0.15, 0.2) is 16.6 Å². The summed E-state index contributed by atoms with van der Waals surface area (Å²) in [4.78, 5) is 0. The van der Waals surface area contributed by atoms with Crippen molar-refractivity contribution in [1.29, 1.82) is 0 Å². The number of aromatic hydroxyl groups is 1. The van der Waals surface area contributed by atoms with Crippen molar-refractivity contribution in [3.63, 3.8) is 0 Å². The van der Waals surface area contributed by atoms with Gasteiger partial charge < -0.3 is 10.4 Å². The molecule has 2 nitrogen and oxygen atoms in total.